The lowest BCUT2D eigenvalue weighted by molar-refractivity contribution is 0.438. The third-order valence-electron chi connectivity index (χ3n) is 2.65. The average molecular weight is 231 g/mol. The summed E-state index contributed by atoms with van der Waals surface area (Å²) in [5.74, 6) is -0.174. The summed E-state index contributed by atoms with van der Waals surface area (Å²) in [6.07, 6.45) is 0. The number of hydrogen-bond donors (Lipinski definition) is 2. The van der Waals surface area contributed by atoms with Crippen molar-refractivity contribution in [2.75, 3.05) is 5.73 Å². The minimum atomic E-state index is -0.343. The van der Waals surface area contributed by atoms with Crippen molar-refractivity contribution in [2.24, 2.45) is 0 Å². The zero-order valence-electron chi connectivity index (χ0n) is 9.12. The van der Waals surface area contributed by atoms with Crippen LogP contribution in [0.25, 0.3) is 22.2 Å². The minimum Gasteiger partial charge on any atom is -0.368 e. The minimum absolute atomic E-state index is 0.169. The molecular weight excluding hydrogens is 221 g/mol. The van der Waals surface area contributed by atoms with Crippen LogP contribution in [-0.4, -0.2) is 10.1 Å². The fourth-order valence-corrected chi connectivity index (χ4v) is 1.91. The van der Waals surface area contributed by atoms with E-state index in [-0.39, 0.29) is 11.7 Å². The third kappa shape index (κ3) is 1.56. The molecule has 0 bridgehead atoms. The number of nitrogens with zero attached hydrogens (tertiary/aromatic N) is 1. The number of aromatic amines is 1. The Morgan fingerprint density at radius 2 is 2.12 bits per heavy atom. The lowest BCUT2D eigenvalue weighted by atomic mass is 10.1. The molecule has 0 aliphatic rings. The molecule has 0 fully saturated rings. The van der Waals surface area contributed by atoms with E-state index in [1.807, 2.05) is 13.0 Å². The molecule has 3 rings (SSSR count). The summed E-state index contributed by atoms with van der Waals surface area (Å²) < 4.78 is 18.6. The molecule has 86 valence electrons. The Morgan fingerprint density at radius 1 is 1.29 bits per heavy atom. The smallest absolute Gasteiger partial charge is 0.222 e. The van der Waals surface area contributed by atoms with Crippen LogP contribution in [0, 0.1) is 12.7 Å². The van der Waals surface area contributed by atoms with Crippen molar-refractivity contribution in [3.8, 4) is 11.3 Å². The van der Waals surface area contributed by atoms with Crippen LogP contribution in [0.2, 0.25) is 0 Å². The van der Waals surface area contributed by atoms with E-state index in [9.17, 15) is 4.39 Å². The molecule has 0 radical (unpaired) electrons. The predicted octanol–water partition coefficient (Wildman–Crippen LogP) is 2.85. The Bertz CT molecular complexity index is 699. The van der Waals surface area contributed by atoms with Gasteiger partial charge in [0.2, 0.25) is 5.88 Å². The van der Waals surface area contributed by atoms with E-state index in [4.69, 9.17) is 10.3 Å². The summed E-state index contributed by atoms with van der Waals surface area (Å²) in [6.45, 7) is 1.92. The number of aryl methyl sites for hydroxylation is 1. The zero-order chi connectivity index (χ0) is 12.0. The summed E-state index contributed by atoms with van der Waals surface area (Å²) in [4.78, 5) is 3.15. The number of halogens is 1. The van der Waals surface area contributed by atoms with E-state index >= 15 is 0 Å². The Hall–Kier alpha value is -2.30. The van der Waals surface area contributed by atoms with Crippen molar-refractivity contribution in [1.82, 2.24) is 10.1 Å². The van der Waals surface area contributed by atoms with Crippen LogP contribution in [0.5, 0.6) is 0 Å². The zero-order valence-corrected chi connectivity index (χ0v) is 9.12. The third-order valence-corrected chi connectivity index (χ3v) is 2.65. The second kappa shape index (κ2) is 3.35. The standard InChI is InChI=1S/C12H10FN3O/c1-6-2-7-3-9(13)8(4-10(7)15-6)11-5-12(14)17-16-11/h2-5,15H,14H2,1H3. The van der Waals surface area contributed by atoms with E-state index in [1.54, 1.807) is 6.07 Å². The first-order valence-electron chi connectivity index (χ1n) is 5.15. The highest BCUT2D eigenvalue weighted by Crippen LogP contribution is 2.28. The van der Waals surface area contributed by atoms with Gasteiger partial charge in [-0.2, -0.15) is 0 Å². The molecule has 2 aromatic heterocycles. The van der Waals surface area contributed by atoms with Crippen molar-refractivity contribution in [1.29, 1.82) is 0 Å². The van der Waals surface area contributed by atoms with Crippen LogP contribution < -0.4 is 5.73 Å². The number of hydrogen-bond acceptors (Lipinski definition) is 3. The lowest BCUT2D eigenvalue weighted by Gasteiger charge is -1.98. The topological polar surface area (TPSA) is 67.8 Å². The highest BCUT2D eigenvalue weighted by Gasteiger charge is 2.12. The van der Waals surface area contributed by atoms with Gasteiger partial charge in [-0.15, -0.1) is 0 Å². The van der Waals surface area contributed by atoms with Gasteiger partial charge in [0.05, 0.1) is 0 Å². The molecule has 0 unspecified atom stereocenters. The molecule has 17 heavy (non-hydrogen) atoms. The molecule has 0 atom stereocenters. The highest BCUT2D eigenvalue weighted by molar-refractivity contribution is 5.85. The van der Waals surface area contributed by atoms with Crippen LogP contribution in [0.15, 0.2) is 28.8 Å². The molecule has 3 N–H and O–H groups in total. The highest BCUT2D eigenvalue weighted by atomic mass is 19.1. The Labute approximate surface area is 96.2 Å². The maximum atomic E-state index is 13.9. The maximum absolute atomic E-state index is 13.9. The number of H-pyrrole nitrogens is 1. The predicted molar refractivity (Wildman–Crippen MR) is 62.9 cm³/mol. The van der Waals surface area contributed by atoms with E-state index in [0.717, 1.165) is 16.6 Å². The molecule has 0 amide bonds. The van der Waals surface area contributed by atoms with Gasteiger partial charge in [-0.25, -0.2) is 4.39 Å². The number of rotatable bonds is 1. The number of benzene rings is 1. The van der Waals surface area contributed by atoms with Gasteiger partial charge in [0, 0.05) is 28.2 Å². The first-order valence-corrected chi connectivity index (χ1v) is 5.15. The van der Waals surface area contributed by atoms with Crippen LogP contribution in [0.3, 0.4) is 0 Å². The number of anilines is 1. The monoisotopic (exact) mass is 231 g/mol. The molecule has 5 heteroatoms. The van der Waals surface area contributed by atoms with Crippen LogP contribution in [0.4, 0.5) is 10.3 Å². The SMILES string of the molecule is Cc1cc2cc(F)c(-c3cc(N)on3)cc2[nH]1. The maximum Gasteiger partial charge on any atom is 0.222 e. The summed E-state index contributed by atoms with van der Waals surface area (Å²) in [5.41, 5.74) is 8.04. The molecule has 0 saturated heterocycles. The quantitative estimate of drug-likeness (QED) is 0.676. The molecule has 0 aliphatic carbocycles. The lowest BCUT2D eigenvalue weighted by Crippen LogP contribution is -1.84. The normalized spacial score (nSPS) is 11.2. The van der Waals surface area contributed by atoms with Gasteiger partial charge in [-0.3, -0.25) is 0 Å². The number of aromatic nitrogens is 2. The molecule has 2 heterocycles. The number of nitrogen functional groups attached to an aromatic ring is 1. The van der Waals surface area contributed by atoms with Crippen molar-refractivity contribution in [3.05, 3.63) is 35.8 Å². The Kier molecular flexibility index (Phi) is 1.95. The number of nitrogens with one attached hydrogen (secondary N) is 1. The Balaban J connectivity index is 2.25. The largest absolute Gasteiger partial charge is 0.368 e. The van der Waals surface area contributed by atoms with Gasteiger partial charge in [0.25, 0.3) is 0 Å². The van der Waals surface area contributed by atoms with Gasteiger partial charge in [0.1, 0.15) is 11.5 Å². The summed E-state index contributed by atoms with van der Waals surface area (Å²) in [6, 6.07) is 6.56. The second-order valence-corrected chi connectivity index (χ2v) is 3.99. The van der Waals surface area contributed by atoms with Crippen molar-refractivity contribution in [2.45, 2.75) is 6.92 Å². The molecular formula is C12H10FN3O. The van der Waals surface area contributed by atoms with Gasteiger partial charge in [0.15, 0.2) is 0 Å². The molecule has 0 spiro atoms. The first-order chi connectivity index (χ1) is 8.13. The van der Waals surface area contributed by atoms with E-state index < -0.39 is 0 Å². The molecule has 3 aromatic rings. The summed E-state index contributed by atoms with van der Waals surface area (Å²) in [7, 11) is 0. The summed E-state index contributed by atoms with van der Waals surface area (Å²) >= 11 is 0. The average Bonchev–Trinajstić information content (AvgIpc) is 2.82. The molecule has 0 saturated carbocycles. The number of fused-ring (bicyclic) bond motifs is 1. The van der Waals surface area contributed by atoms with Crippen LogP contribution >= 0.6 is 0 Å². The fourth-order valence-electron chi connectivity index (χ4n) is 1.91. The van der Waals surface area contributed by atoms with E-state index in [2.05, 4.69) is 10.1 Å². The van der Waals surface area contributed by atoms with Crippen LogP contribution in [0.1, 0.15) is 5.69 Å². The Morgan fingerprint density at radius 3 is 2.82 bits per heavy atom. The van der Waals surface area contributed by atoms with Gasteiger partial charge in [-0.05, 0) is 25.1 Å². The van der Waals surface area contributed by atoms with E-state index in [0.29, 0.717) is 11.3 Å². The van der Waals surface area contributed by atoms with E-state index in [1.165, 1.54) is 12.1 Å². The molecule has 0 aliphatic heterocycles. The van der Waals surface area contributed by atoms with Crippen molar-refractivity contribution >= 4 is 16.8 Å². The van der Waals surface area contributed by atoms with Gasteiger partial charge >= 0.3 is 0 Å². The van der Waals surface area contributed by atoms with Crippen LogP contribution in [-0.2, 0) is 0 Å². The van der Waals surface area contributed by atoms with Gasteiger partial charge in [-0.1, -0.05) is 5.16 Å². The first kappa shape index (κ1) is 9.89. The molecule has 4 nitrogen and oxygen atoms in total. The molecule has 1 aromatic carbocycles. The van der Waals surface area contributed by atoms with Crippen molar-refractivity contribution in [3.63, 3.8) is 0 Å². The fraction of sp³-hybridized carbons (Fsp3) is 0.0833. The van der Waals surface area contributed by atoms with Crippen molar-refractivity contribution < 1.29 is 8.91 Å². The number of nitrogens with two attached hydrogens (primary N) is 1. The second-order valence-electron chi connectivity index (χ2n) is 3.99. The van der Waals surface area contributed by atoms with Gasteiger partial charge < -0.3 is 15.2 Å². The summed E-state index contributed by atoms with van der Waals surface area (Å²) in [5, 5.41) is 4.54.